The molecule has 0 bridgehead atoms. The number of aromatic amines is 1. The molecular weight excluding hydrogens is 575 g/mol. The molecular formula is C31H28ClFN6O4. The molecule has 1 saturated heterocycles. The number of imidazole rings is 1. The number of aromatic nitrogens is 5. The maximum Gasteiger partial charge on any atom is 0.335 e. The minimum Gasteiger partial charge on any atom is -0.478 e. The first-order valence-corrected chi connectivity index (χ1v) is 14.5. The van der Waals surface area contributed by atoms with Crippen LogP contribution in [0.5, 0.6) is 5.88 Å². The van der Waals surface area contributed by atoms with E-state index < -0.39 is 11.8 Å². The van der Waals surface area contributed by atoms with Crippen LogP contribution >= 0.6 is 11.6 Å². The molecule has 43 heavy (non-hydrogen) atoms. The highest BCUT2D eigenvalue weighted by Crippen LogP contribution is 2.30. The fourth-order valence-corrected chi connectivity index (χ4v) is 5.68. The van der Waals surface area contributed by atoms with Crippen LogP contribution in [0, 0.1) is 5.82 Å². The van der Waals surface area contributed by atoms with Crippen molar-refractivity contribution in [3.8, 4) is 5.88 Å². The van der Waals surface area contributed by atoms with Crippen molar-refractivity contribution in [3.05, 3.63) is 88.2 Å². The number of aromatic carboxylic acids is 1. The molecule has 220 valence electrons. The van der Waals surface area contributed by atoms with Crippen molar-refractivity contribution >= 4 is 45.1 Å². The normalized spacial score (nSPS) is 17.3. The van der Waals surface area contributed by atoms with Gasteiger partial charge >= 0.3 is 5.97 Å². The van der Waals surface area contributed by atoms with Gasteiger partial charge in [0.15, 0.2) is 0 Å². The highest BCUT2D eigenvalue weighted by atomic mass is 35.5. The molecule has 5 aromatic rings. The zero-order chi connectivity index (χ0) is 29.5. The van der Waals surface area contributed by atoms with E-state index in [1.165, 1.54) is 6.07 Å². The van der Waals surface area contributed by atoms with Crippen LogP contribution in [0.25, 0.3) is 27.5 Å². The lowest BCUT2D eigenvalue weighted by molar-refractivity contribution is -0.0591. The van der Waals surface area contributed by atoms with E-state index in [4.69, 9.17) is 31.0 Å². The smallest absolute Gasteiger partial charge is 0.335 e. The van der Waals surface area contributed by atoms with Crippen LogP contribution in [0.15, 0.2) is 54.7 Å². The average molecular weight is 603 g/mol. The van der Waals surface area contributed by atoms with E-state index in [9.17, 15) is 14.3 Å². The van der Waals surface area contributed by atoms with Crippen LogP contribution < -0.4 is 4.74 Å². The van der Waals surface area contributed by atoms with Crippen molar-refractivity contribution < 1.29 is 23.8 Å². The maximum atomic E-state index is 14.3. The summed E-state index contributed by atoms with van der Waals surface area (Å²) in [5.41, 5.74) is 4.73. The molecule has 2 aromatic carbocycles. The molecule has 5 heterocycles. The highest BCUT2D eigenvalue weighted by Gasteiger charge is 2.24. The number of hydrogen-bond acceptors (Lipinski definition) is 7. The fraction of sp³-hybridized carbons (Fsp3) is 0.290. The molecule has 2 aliphatic heterocycles. The third-order valence-corrected chi connectivity index (χ3v) is 8.25. The van der Waals surface area contributed by atoms with Gasteiger partial charge in [0.25, 0.3) is 0 Å². The second-order valence-corrected chi connectivity index (χ2v) is 11.3. The summed E-state index contributed by atoms with van der Waals surface area (Å²) < 4.78 is 28.1. The van der Waals surface area contributed by atoms with Crippen LogP contribution in [0.3, 0.4) is 0 Å². The van der Waals surface area contributed by atoms with Crippen LogP contribution in [0.4, 0.5) is 4.39 Å². The Labute approximate surface area is 250 Å². The van der Waals surface area contributed by atoms with Gasteiger partial charge in [-0.3, -0.25) is 10.00 Å². The molecule has 1 fully saturated rings. The number of carbonyl (C=O) groups is 1. The number of rotatable bonds is 9. The molecule has 0 radical (unpaired) electrons. The van der Waals surface area contributed by atoms with Crippen LogP contribution in [0.1, 0.15) is 40.3 Å². The molecule has 2 N–H and O–H groups in total. The lowest BCUT2D eigenvalue weighted by Crippen LogP contribution is -2.33. The first kappa shape index (κ1) is 27.5. The predicted molar refractivity (Wildman–Crippen MR) is 159 cm³/mol. The predicted octanol–water partition coefficient (Wildman–Crippen LogP) is 5.46. The Morgan fingerprint density at radius 1 is 1.21 bits per heavy atom. The number of nitrogens with zero attached hydrogens (tertiary/aromatic N) is 5. The molecule has 0 saturated carbocycles. The van der Waals surface area contributed by atoms with Crippen molar-refractivity contribution in [2.75, 3.05) is 19.7 Å². The molecule has 1 unspecified atom stereocenters. The van der Waals surface area contributed by atoms with E-state index in [-0.39, 0.29) is 18.3 Å². The first-order chi connectivity index (χ1) is 20.9. The SMILES string of the molecule is O=C(O)c1ccc2nc(CN3CC=C(c4cc5cn[nH]c5c(OCc5ccc(Cl)cc5F)n4)CC3)n(CC3CCO3)c2c1. The van der Waals surface area contributed by atoms with Gasteiger partial charge in [0.1, 0.15) is 23.8 Å². The molecule has 1 atom stereocenters. The summed E-state index contributed by atoms with van der Waals surface area (Å²) >= 11 is 5.89. The van der Waals surface area contributed by atoms with Crippen LogP contribution in [-0.2, 0) is 24.4 Å². The van der Waals surface area contributed by atoms with Crippen molar-refractivity contribution in [1.82, 2.24) is 29.6 Å². The number of carboxylic acids is 1. The number of pyridine rings is 1. The quantitative estimate of drug-likeness (QED) is 0.228. The Morgan fingerprint density at radius 3 is 2.84 bits per heavy atom. The monoisotopic (exact) mass is 602 g/mol. The van der Waals surface area contributed by atoms with Gasteiger partial charge in [-0.15, -0.1) is 0 Å². The summed E-state index contributed by atoms with van der Waals surface area (Å²) in [5, 5.41) is 17.8. The van der Waals surface area contributed by atoms with Gasteiger partial charge in [-0.25, -0.2) is 19.2 Å². The van der Waals surface area contributed by atoms with Gasteiger partial charge in [-0.2, -0.15) is 5.10 Å². The molecule has 12 heteroatoms. The lowest BCUT2D eigenvalue weighted by atomic mass is 10.0. The zero-order valence-corrected chi connectivity index (χ0v) is 23.9. The Balaban J connectivity index is 1.10. The second kappa shape index (κ2) is 11.4. The zero-order valence-electron chi connectivity index (χ0n) is 23.1. The minimum atomic E-state index is -0.960. The fourth-order valence-electron chi connectivity index (χ4n) is 5.52. The highest BCUT2D eigenvalue weighted by molar-refractivity contribution is 6.30. The number of benzene rings is 2. The Morgan fingerprint density at radius 2 is 2.09 bits per heavy atom. The standard InChI is InChI=1S/C31H28ClFN6O4/c32-22-3-1-20(24(33)13-22)17-43-30-29-21(14-34-37-29)11-26(36-30)18-5-8-38(9-6-18)16-28-35-25-4-2-19(31(40)41)12-27(25)39(28)15-23-7-10-42-23/h1-5,11-14,23H,6-10,15-17H2,(H,34,37)(H,40,41). The van der Waals surface area contributed by atoms with Crippen molar-refractivity contribution in [3.63, 3.8) is 0 Å². The third-order valence-electron chi connectivity index (χ3n) is 8.02. The summed E-state index contributed by atoms with van der Waals surface area (Å²) in [6.07, 6.45) is 5.72. The topological polar surface area (TPSA) is 118 Å². The molecule has 2 aliphatic rings. The first-order valence-electron chi connectivity index (χ1n) is 14.1. The van der Waals surface area contributed by atoms with E-state index in [0.717, 1.165) is 59.5 Å². The summed E-state index contributed by atoms with van der Waals surface area (Å²) in [6.45, 7) is 3.48. The van der Waals surface area contributed by atoms with Crippen molar-refractivity contribution in [2.24, 2.45) is 0 Å². The molecule has 0 amide bonds. The number of hydrogen-bond donors (Lipinski definition) is 2. The summed E-state index contributed by atoms with van der Waals surface area (Å²) in [6, 6.07) is 11.5. The lowest BCUT2D eigenvalue weighted by Gasteiger charge is -2.29. The number of nitrogens with one attached hydrogen (secondary N) is 1. The number of fused-ring (bicyclic) bond motifs is 2. The molecule has 10 nitrogen and oxygen atoms in total. The van der Waals surface area contributed by atoms with Gasteiger partial charge in [0.05, 0.1) is 47.7 Å². The van der Waals surface area contributed by atoms with Gasteiger partial charge in [0.2, 0.25) is 5.88 Å². The number of ether oxygens (including phenoxy) is 2. The molecule has 0 aliphatic carbocycles. The number of halogens is 2. The van der Waals surface area contributed by atoms with E-state index in [2.05, 4.69) is 25.7 Å². The van der Waals surface area contributed by atoms with Crippen LogP contribution in [0.2, 0.25) is 5.02 Å². The summed E-state index contributed by atoms with van der Waals surface area (Å²) in [7, 11) is 0. The molecule has 0 spiro atoms. The van der Waals surface area contributed by atoms with Gasteiger partial charge in [0, 0.05) is 35.7 Å². The van der Waals surface area contributed by atoms with Gasteiger partial charge in [-0.1, -0.05) is 23.7 Å². The van der Waals surface area contributed by atoms with Crippen molar-refractivity contribution in [2.45, 2.75) is 38.6 Å². The van der Waals surface area contributed by atoms with Crippen molar-refractivity contribution in [1.29, 1.82) is 0 Å². The average Bonchev–Trinajstić information content (AvgIpc) is 3.58. The Bertz CT molecular complexity index is 1880. The van der Waals surface area contributed by atoms with E-state index in [0.29, 0.717) is 41.6 Å². The van der Waals surface area contributed by atoms with Crippen LogP contribution in [-0.4, -0.2) is 66.5 Å². The van der Waals surface area contributed by atoms with E-state index in [1.807, 2.05) is 6.07 Å². The van der Waals surface area contributed by atoms with Gasteiger partial charge in [-0.05, 0) is 54.8 Å². The van der Waals surface area contributed by atoms with E-state index in [1.54, 1.807) is 36.5 Å². The summed E-state index contributed by atoms with van der Waals surface area (Å²) in [4.78, 5) is 23.6. The minimum absolute atomic E-state index is 0.00125. The number of H-pyrrole nitrogens is 1. The molecule has 7 rings (SSSR count). The Hall–Kier alpha value is -4.32. The number of carboxylic acid groups (broad SMARTS) is 1. The van der Waals surface area contributed by atoms with E-state index >= 15 is 0 Å². The molecule has 3 aromatic heterocycles. The third kappa shape index (κ3) is 5.58. The maximum absolute atomic E-state index is 14.3. The van der Waals surface area contributed by atoms with Gasteiger partial charge < -0.3 is 19.1 Å². The largest absolute Gasteiger partial charge is 0.478 e. The summed E-state index contributed by atoms with van der Waals surface area (Å²) in [5.74, 6) is -0.156. The second-order valence-electron chi connectivity index (χ2n) is 10.8. The Kier molecular flexibility index (Phi) is 7.29.